The van der Waals surface area contributed by atoms with E-state index in [0.29, 0.717) is 6.54 Å². The average molecular weight is 363 g/mol. The van der Waals surface area contributed by atoms with Gasteiger partial charge in [-0.3, -0.25) is 0 Å². The number of β-amino-alcohol motifs (C(OH)–C–C–N with tert-alkyl or cyclic N) is 1. The van der Waals surface area contributed by atoms with Gasteiger partial charge in [0.2, 0.25) is 0 Å². The Kier molecular flexibility index (Phi) is 4.66. The molecule has 2 amide bonds. The number of halogens is 1. The molecule has 1 aromatic heterocycles. The molecule has 110 valence electrons. The molecule has 1 aromatic rings. The van der Waals surface area contributed by atoms with Crippen molar-refractivity contribution in [2.75, 3.05) is 13.6 Å². The topological polar surface area (TPSA) is 81.1 Å². The predicted octanol–water partition coefficient (Wildman–Crippen LogP) is 1.58. The Bertz CT molecular complexity index is 521. The number of aliphatic hydroxyl groups excluding tert-OH is 1. The van der Waals surface area contributed by atoms with Gasteiger partial charge in [0.25, 0.3) is 0 Å². The van der Waals surface area contributed by atoms with Crippen LogP contribution < -0.4 is 0 Å². The number of thiophene rings is 1. The van der Waals surface area contributed by atoms with E-state index in [1.165, 1.54) is 21.1 Å². The Morgan fingerprint density at radius 2 is 2.30 bits per heavy atom. The monoisotopic (exact) mass is 362 g/mol. The van der Waals surface area contributed by atoms with Gasteiger partial charge in [-0.25, -0.2) is 9.59 Å². The number of aliphatic hydroxyl groups is 1. The predicted molar refractivity (Wildman–Crippen MR) is 77.6 cm³/mol. The third kappa shape index (κ3) is 3.31. The Labute approximate surface area is 128 Å². The van der Waals surface area contributed by atoms with Crippen LogP contribution in [0.2, 0.25) is 0 Å². The molecule has 20 heavy (non-hydrogen) atoms. The summed E-state index contributed by atoms with van der Waals surface area (Å²) in [6.07, 6.45) is -0.692. The van der Waals surface area contributed by atoms with E-state index in [9.17, 15) is 14.7 Å². The minimum absolute atomic E-state index is 0.0630. The Balaban J connectivity index is 2.04. The first-order valence-electron chi connectivity index (χ1n) is 6.04. The lowest BCUT2D eigenvalue weighted by atomic mass is 10.2. The molecule has 2 heterocycles. The van der Waals surface area contributed by atoms with Crippen LogP contribution in [0.15, 0.2) is 15.2 Å². The molecule has 1 aliphatic rings. The Morgan fingerprint density at radius 1 is 1.60 bits per heavy atom. The molecular formula is C12H15BrN2O4S. The van der Waals surface area contributed by atoms with Crippen LogP contribution in [0.3, 0.4) is 0 Å². The maximum Gasteiger partial charge on any atom is 0.326 e. The highest BCUT2D eigenvalue weighted by Gasteiger charge is 2.40. The van der Waals surface area contributed by atoms with E-state index in [2.05, 4.69) is 15.9 Å². The van der Waals surface area contributed by atoms with Crippen LogP contribution in [0.25, 0.3) is 0 Å². The highest BCUT2D eigenvalue weighted by Crippen LogP contribution is 2.23. The van der Waals surface area contributed by atoms with E-state index in [1.807, 2.05) is 11.4 Å². The van der Waals surface area contributed by atoms with E-state index in [0.717, 1.165) is 9.35 Å². The molecule has 1 fully saturated rings. The summed E-state index contributed by atoms with van der Waals surface area (Å²) in [7, 11) is 1.62. The summed E-state index contributed by atoms with van der Waals surface area (Å²) < 4.78 is 0.980. The number of urea groups is 1. The van der Waals surface area contributed by atoms with Crippen LogP contribution >= 0.6 is 27.3 Å². The van der Waals surface area contributed by atoms with Crippen molar-refractivity contribution < 1.29 is 19.8 Å². The number of carboxylic acid groups (broad SMARTS) is 1. The zero-order chi connectivity index (χ0) is 14.9. The average Bonchev–Trinajstić information content (AvgIpc) is 2.94. The van der Waals surface area contributed by atoms with Gasteiger partial charge in [-0.2, -0.15) is 0 Å². The number of nitrogens with zero attached hydrogens (tertiary/aromatic N) is 2. The number of amides is 2. The molecule has 2 rings (SSSR count). The third-order valence-corrected chi connectivity index (χ3v) is 4.73. The van der Waals surface area contributed by atoms with E-state index in [4.69, 9.17) is 5.11 Å². The van der Waals surface area contributed by atoms with Gasteiger partial charge >= 0.3 is 12.0 Å². The molecule has 1 saturated heterocycles. The van der Waals surface area contributed by atoms with Crippen molar-refractivity contribution in [3.63, 3.8) is 0 Å². The van der Waals surface area contributed by atoms with Crippen LogP contribution in [-0.2, 0) is 11.3 Å². The Hall–Kier alpha value is -1.12. The quantitative estimate of drug-likeness (QED) is 0.855. The number of hydrogen-bond acceptors (Lipinski definition) is 4. The summed E-state index contributed by atoms with van der Waals surface area (Å²) in [5.41, 5.74) is 0.976. The standard InChI is InChI=1S/C12H15BrN2O4S/c1-14(4-7-2-10(13)20-6-7)12(19)15-5-8(16)3-9(15)11(17)18/h2,6,8-9,16H,3-5H2,1H3,(H,17,18)/t8-,9+/m1/s1. The lowest BCUT2D eigenvalue weighted by Gasteiger charge is -2.27. The molecule has 0 bridgehead atoms. The van der Waals surface area contributed by atoms with E-state index in [1.54, 1.807) is 7.05 Å². The summed E-state index contributed by atoms with van der Waals surface area (Å²) in [6, 6.07) is 0.590. The van der Waals surface area contributed by atoms with Gasteiger partial charge in [0.05, 0.1) is 9.89 Å². The second-order valence-electron chi connectivity index (χ2n) is 4.79. The van der Waals surface area contributed by atoms with Gasteiger partial charge in [0.15, 0.2) is 0 Å². The molecule has 0 unspecified atom stereocenters. The number of hydrogen-bond donors (Lipinski definition) is 2. The summed E-state index contributed by atoms with van der Waals surface area (Å²) in [4.78, 5) is 26.1. The highest BCUT2D eigenvalue weighted by atomic mass is 79.9. The lowest BCUT2D eigenvalue weighted by molar-refractivity contribution is -0.141. The first-order chi connectivity index (χ1) is 9.38. The normalized spacial score (nSPS) is 22.1. The summed E-state index contributed by atoms with van der Waals surface area (Å²) in [6.45, 7) is 0.466. The molecule has 1 aliphatic heterocycles. The second-order valence-corrected chi connectivity index (χ2v) is 7.08. The first-order valence-corrected chi connectivity index (χ1v) is 7.71. The van der Waals surface area contributed by atoms with Gasteiger partial charge in [-0.1, -0.05) is 0 Å². The minimum Gasteiger partial charge on any atom is -0.480 e. The first kappa shape index (κ1) is 15.3. The fourth-order valence-electron chi connectivity index (χ4n) is 2.25. The zero-order valence-electron chi connectivity index (χ0n) is 10.8. The smallest absolute Gasteiger partial charge is 0.326 e. The largest absolute Gasteiger partial charge is 0.480 e. The van der Waals surface area contributed by atoms with Crippen LogP contribution in [0.4, 0.5) is 4.79 Å². The SMILES string of the molecule is CN(Cc1csc(Br)c1)C(=O)N1C[C@H](O)C[C@H]1C(=O)O. The maximum atomic E-state index is 12.3. The molecule has 0 saturated carbocycles. The highest BCUT2D eigenvalue weighted by molar-refractivity contribution is 9.11. The van der Waals surface area contributed by atoms with Gasteiger partial charge in [0.1, 0.15) is 6.04 Å². The van der Waals surface area contributed by atoms with Crippen molar-refractivity contribution in [2.24, 2.45) is 0 Å². The molecule has 0 spiro atoms. The number of aliphatic carboxylic acids is 1. The van der Waals surface area contributed by atoms with E-state index in [-0.39, 0.29) is 19.0 Å². The van der Waals surface area contributed by atoms with Crippen LogP contribution in [0.1, 0.15) is 12.0 Å². The van der Waals surface area contributed by atoms with Crippen molar-refractivity contribution >= 4 is 39.3 Å². The molecule has 6 nitrogen and oxygen atoms in total. The second kappa shape index (κ2) is 6.11. The van der Waals surface area contributed by atoms with Gasteiger partial charge < -0.3 is 20.0 Å². The summed E-state index contributed by atoms with van der Waals surface area (Å²) in [5.74, 6) is -1.08. The zero-order valence-corrected chi connectivity index (χ0v) is 13.2. The Morgan fingerprint density at radius 3 is 2.85 bits per heavy atom. The van der Waals surface area contributed by atoms with Gasteiger partial charge in [-0.15, -0.1) is 11.3 Å². The number of rotatable bonds is 3. The van der Waals surface area contributed by atoms with Crippen molar-refractivity contribution in [1.82, 2.24) is 9.80 Å². The van der Waals surface area contributed by atoms with Crippen LogP contribution in [-0.4, -0.2) is 57.8 Å². The fraction of sp³-hybridized carbons (Fsp3) is 0.500. The van der Waals surface area contributed by atoms with Crippen LogP contribution in [0.5, 0.6) is 0 Å². The number of carboxylic acids is 1. The fourth-order valence-corrected chi connectivity index (χ4v) is 3.45. The number of carbonyl (C=O) groups is 2. The summed E-state index contributed by atoms with van der Waals surface area (Å²) >= 11 is 4.88. The lowest BCUT2D eigenvalue weighted by Crippen LogP contribution is -2.46. The number of likely N-dealkylation sites (tertiary alicyclic amines) is 1. The number of carbonyl (C=O) groups excluding carboxylic acids is 1. The molecule has 2 N–H and O–H groups in total. The minimum atomic E-state index is -1.08. The van der Waals surface area contributed by atoms with Crippen molar-refractivity contribution in [3.05, 3.63) is 20.8 Å². The third-order valence-electron chi connectivity index (χ3n) is 3.18. The van der Waals surface area contributed by atoms with E-state index < -0.39 is 18.1 Å². The van der Waals surface area contributed by atoms with Gasteiger partial charge in [0, 0.05) is 26.6 Å². The molecule has 0 radical (unpaired) electrons. The van der Waals surface area contributed by atoms with Crippen molar-refractivity contribution in [1.29, 1.82) is 0 Å². The van der Waals surface area contributed by atoms with Gasteiger partial charge in [-0.05, 0) is 32.9 Å². The maximum absolute atomic E-state index is 12.3. The van der Waals surface area contributed by atoms with Crippen molar-refractivity contribution in [2.45, 2.75) is 25.1 Å². The molecule has 2 atom stereocenters. The molecular weight excluding hydrogens is 348 g/mol. The summed E-state index contributed by atoms with van der Waals surface area (Å²) in [5, 5.41) is 20.6. The molecule has 0 aromatic carbocycles. The van der Waals surface area contributed by atoms with Crippen LogP contribution in [0, 0.1) is 0 Å². The van der Waals surface area contributed by atoms with Crippen molar-refractivity contribution in [3.8, 4) is 0 Å². The molecule has 0 aliphatic carbocycles. The molecule has 8 heteroatoms. The van der Waals surface area contributed by atoms with E-state index >= 15 is 0 Å².